The average molecular weight is 223 g/mol. The lowest BCUT2D eigenvalue weighted by Gasteiger charge is -2.12. The van der Waals surface area contributed by atoms with E-state index >= 15 is 0 Å². The van der Waals surface area contributed by atoms with Crippen LogP contribution < -0.4 is 10.1 Å². The van der Waals surface area contributed by atoms with Gasteiger partial charge in [0.05, 0.1) is 19.3 Å². The molecule has 2 rings (SSSR count). The normalized spacial score (nSPS) is 20.2. The number of hydrogen-bond acceptors (Lipinski definition) is 4. The van der Waals surface area contributed by atoms with Gasteiger partial charge < -0.3 is 20.3 Å². The Hall–Kier alpha value is -1.10. The van der Waals surface area contributed by atoms with Gasteiger partial charge in [0, 0.05) is 24.6 Å². The fraction of sp³-hybridized carbons (Fsp3) is 0.500. The number of benzene rings is 1. The molecule has 0 spiro atoms. The molecule has 4 heteroatoms. The summed E-state index contributed by atoms with van der Waals surface area (Å²) in [5.41, 5.74) is 1.22. The SMILES string of the molecule is OCC(O)CNCC1COc2ccccc21. The summed E-state index contributed by atoms with van der Waals surface area (Å²) in [6.07, 6.45) is -0.683. The number of aliphatic hydroxyl groups is 2. The van der Waals surface area contributed by atoms with Crippen LogP contribution in [-0.4, -0.2) is 42.6 Å². The van der Waals surface area contributed by atoms with Crippen LogP contribution in [0.1, 0.15) is 11.5 Å². The zero-order valence-corrected chi connectivity index (χ0v) is 9.10. The van der Waals surface area contributed by atoms with Gasteiger partial charge in [-0.05, 0) is 6.07 Å². The summed E-state index contributed by atoms with van der Waals surface area (Å²) in [4.78, 5) is 0. The van der Waals surface area contributed by atoms with E-state index in [-0.39, 0.29) is 6.61 Å². The van der Waals surface area contributed by atoms with Crippen LogP contribution in [0.5, 0.6) is 5.75 Å². The van der Waals surface area contributed by atoms with Crippen molar-refractivity contribution in [2.45, 2.75) is 12.0 Å². The molecule has 0 bridgehead atoms. The highest BCUT2D eigenvalue weighted by molar-refractivity contribution is 5.39. The van der Waals surface area contributed by atoms with Crippen molar-refractivity contribution in [1.82, 2.24) is 5.32 Å². The second-order valence-electron chi connectivity index (χ2n) is 4.04. The highest BCUT2D eigenvalue weighted by atomic mass is 16.5. The van der Waals surface area contributed by atoms with Gasteiger partial charge in [-0.25, -0.2) is 0 Å². The molecule has 2 unspecified atom stereocenters. The molecule has 0 saturated carbocycles. The molecule has 88 valence electrons. The molecule has 1 aromatic carbocycles. The fourth-order valence-electron chi connectivity index (χ4n) is 1.89. The van der Waals surface area contributed by atoms with E-state index < -0.39 is 6.10 Å². The van der Waals surface area contributed by atoms with Crippen LogP contribution in [0, 0.1) is 0 Å². The van der Waals surface area contributed by atoms with Gasteiger partial charge in [-0.3, -0.25) is 0 Å². The highest BCUT2D eigenvalue weighted by Gasteiger charge is 2.22. The van der Waals surface area contributed by atoms with Crippen LogP contribution in [0.2, 0.25) is 0 Å². The minimum absolute atomic E-state index is 0.204. The van der Waals surface area contributed by atoms with E-state index in [1.165, 1.54) is 5.56 Å². The first-order chi connectivity index (χ1) is 7.81. The monoisotopic (exact) mass is 223 g/mol. The number of ether oxygens (including phenoxy) is 1. The second kappa shape index (κ2) is 5.30. The Bertz CT molecular complexity index is 343. The maximum Gasteiger partial charge on any atom is 0.122 e. The van der Waals surface area contributed by atoms with Gasteiger partial charge in [-0.1, -0.05) is 18.2 Å². The van der Waals surface area contributed by atoms with E-state index in [1.807, 2.05) is 18.2 Å². The van der Waals surface area contributed by atoms with Gasteiger partial charge in [0.15, 0.2) is 0 Å². The van der Waals surface area contributed by atoms with Crippen LogP contribution in [0.3, 0.4) is 0 Å². The summed E-state index contributed by atoms with van der Waals surface area (Å²) in [6.45, 7) is 1.65. The van der Waals surface area contributed by atoms with Crippen LogP contribution in [0.25, 0.3) is 0 Å². The number of rotatable bonds is 5. The molecular weight excluding hydrogens is 206 g/mol. The Labute approximate surface area is 94.9 Å². The van der Waals surface area contributed by atoms with E-state index in [0.717, 1.165) is 12.3 Å². The molecular formula is C12H17NO3. The molecule has 1 aliphatic heterocycles. The third-order valence-corrected chi connectivity index (χ3v) is 2.78. The van der Waals surface area contributed by atoms with Crippen molar-refractivity contribution in [2.24, 2.45) is 0 Å². The molecule has 1 heterocycles. The van der Waals surface area contributed by atoms with Crippen molar-refractivity contribution in [3.8, 4) is 5.75 Å². The molecule has 4 nitrogen and oxygen atoms in total. The standard InChI is InChI=1S/C12H17NO3/c14-7-10(15)6-13-5-9-8-16-12-4-2-1-3-11(9)12/h1-4,9-10,13-15H,5-8H2. The van der Waals surface area contributed by atoms with Crippen LogP contribution >= 0.6 is 0 Å². The third-order valence-electron chi connectivity index (χ3n) is 2.78. The van der Waals surface area contributed by atoms with Crippen molar-refractivity contribution >= 4 is 0 Å². The van der Waals surface area contributed by atoms with Gasteiger partial charge >= 0.3 is 0 Å². The summed E-state index contributed by atoms with van der Waals surface area (Å²) in [5.74, 6) is 1.29. The van der Waals surface area contributed by atoms with E-state index in [1.54, 1.807) is 0 Å². The largest absolute Gasteiger partial charge is 0.493 e. The van der Waals surface area contributed by atoms with E-state index in [9.17, 15) is 5.11 Å². The van der Waals surface area contributed by atoms with Gasteiger partial charge in [0.25, 0.3) is 0 Å². The second-order valence-corrected chi connectivity index (χ2v) is 4.04. The van der Waals surface area contributed by atoms with Crippen LogP contribution in [0.4, 0.5) is 0 Å². The lowest BCUT2D eigenvalue weighted by atomic mass is 10.0. The molecule has 0 fully saturated rings. The van der Waals surface area contributed by atoms with Gasteiger partial charge in [-0.2, -0.15) is 0 Å². The van der Waals surface area contributed by atoms with Crippen molar-refractivity contribution in [2.75, 3.05) is 26.3 Å². The molecule has 0 amide bonds. The first-order valence-corrected chi connectivity index (χ1v) is 5.52. The molecule has 1 aliphatic rings. The van der Waals surface area contributed by atoms with Crippen molar-refractivity contribution in [3.05, 3.63) is 29.8 Å². The maximum absolute atomic E-state index is 9.18. The first kappa shape index (κ1) is 11.4. The summed E-state index contributed by atoms with van der Waals surface area (Å²) in [6, 6.07) is 8.00. The van der Waals surface area contributed by atoms with Crippen molar-refractivity contribution in [1.29, 1.82) is 0 Å². The number of aliphatic hydroxyl groups excluding tert-OH is 2. The molecule has 1 aromatic rings. The summed E-state index contributed by atoms with van der Waals surface area (Å²) in [5, 5.41) is 21.0. The molecule has 3 N–H and O–H groups in total. The predicted octanol–water partition coefficient (Wildman–Crippen LogP) is 0.105. The Kier molecular flexibility index (Phi) is 3.77. The van der Waals surface area contributed by atoms with Gasteiger partial charge in [0.1, 0.15) is 5.75 Å². The molecule has 0 aliphatic carbocycles. The Morgan fingerprint density at radius 1 is 1.44 bits per heavy atom. The lowest BCUT2D eigenvalue weighted by molar-refractivity contribution is 0.0940. The molecule has 0 radical (unpaired) electrons. The predicted molar refractivity (Wildman–Crippen MR) is 60.6 cm³/mol. The zero-order valence-electron chi connectivity index (χ0n) is 9.10. The Morgan fingerprint density at radius 3 is 3.06 bits per heavy atom. The quantitative estimate of drug-likeness (QED) is 0.663. The highest BCUT2D eigenvalue weighted by Crippen LogP contribution is 2.32. The van der Waals surface area contributed by atoms with Gasteiger partial charge in [-0.15, -0.1) is 0 Å². The van der Waals surface area contributed by atoms with E-state index in [2.05, 4.69) is 11.4 Å². The van der Waals surface area contributed by atoms with Crippen LogP contribution in [-0.2, 0) is 0 Å². The summed E-state index contributed by atoms with van der Waals surface area (Å²) in [7, 11) is 0. The molecule has 2 atom stereocenters. The summed E-state index contributed by atoms with van der Waals surface area (Å²) >= 11 is 0. The topological polar surface area (TPSA) is 61.7 Å². The minimum atomic E-state index is -0.683. The number of nitrogens with one attached hydrogen (secondary N) is 1. The minimum Gasteiger partial charge on any atom is -0.493 e. The molecule has 0 aromatic heterocycles. The lowest BCUT2D eigenvalue weighted by Crippen LogP contribution is -2.32. The van der Waals surface area contributed by atoms with Crippen molar-refractivity contribution < 1.29 is 14.9 Å². The third kappa shape index (κ3) is 2.52. The zero-order chi connectivity index (χ0) is 11.4. The van der Waals surface area contributed by atoms with E-state index in [0.29, 0.717) is 19.1 Å². The Balaban J connectivity index is 1.84. The van der Waals surface area contributed by atoms with Crippen LogP contribution in [0.15, 0.2) is 24.3 Å². The number of para-hydroxylation sites is 1. The van der Waals surface area contributed by atoms with Crippen molar-refractivity contribution in [3.63, 3.8) is 0 Å². The maximum atomic E-state index is 9.18. The number of hydrogen-bond donors (Lipinski definition) is 3. The summed E-state index contributed by atoms with van der Waals surface area (Å²) < 4.78 is 5.54. The van der Waals surface area contributed by atoms with E-state index in [4.69, 9.17) is 9.84 Å². The first-order valence-electron chi connectivity index (χ1n) is 5.52. The molecule has 0 saturated heterocycles. The number of fused-ring (bicyclic) bond motifs is 1. The molecule has 16 heavy (non-hydrogen) atoms. The fourth-order valence-corrected chi connectivity index (χ4v) is 1.89. The average Bonchev–Trinajstić information content (AvgIpc) is 2.73. The van der Waals surface area contributed by atoms with Gasteiger partial charge in [0.2, 0.25) is 0 Å². The smallest absolute Gasteiger partial charge is 0.122 e. The Morgan fingerprint density at radius 2 is 2.25 bits per heavy atom.